The van der Waals surface area contributed by atoms with Gasteiger partial charge in [0.05, 0.1) is 24.4 Å². The van der Waals surface area contributed by atoms with Crippen LogP contribution in [0, 0.1) is 0 Å². The molecule has 0 radical (unpaired) electrons. The van der Waals surface area contributed by atoms with Crippen molar-refractivity contribution >= 4 is 22.5 Å². The third-order valence-corrected chi connectivity index (χ3v) is 5.87. The topological polar surface area (TPSA) is 45.6 Å². The van der Waals surface area contributed by atoms with Crippen LogP contribution >= 0.6 is 11.6 Å². The fraction of sp³-hybridized carbons (Fsp3) is 0.423. The number of hydrogen-bond donors (Lipinski definition) is 1. The molecule has 1 atom stereocenters. The van der Waals surface area contributed by atoms with Crippen molar-refractivity contribution in [2.75, 3.05) is 26.7 Å². The summed E-state index contributed by atoms with van der Waals surface area (Å²) in [5.74, 6) is 0.801. The van der Waals surface area contributed by atoms with Gasteiger partial charge in [0.1, 0.15) is 5.75 Å². The van der Waals surface area contributed by atoms with Crippen molar-refractivity contribution < 1.29 is 9.84 Å². The average Bonchev–Trinajstić information content (AvgIpc) is 2.79. The van der Waals surface area contributed by atoms with Crippen molar-refractivity contribution in [3.63, 3.8) is 0 Å². The maximum atomic E-state index is 11.3. The van der Waals surface area contributed by atoms with Crippen LogP contribution in [-0.4, -0.2) is 41.7 Å². The number of fused-ring (bicyclic) bond motifs is 1. The Bertz CT molecular complexity index is 967. The molecule has 0 fully saturated rings. The molecule has 3 aromatic rings. The fourth-order valence-corrected chi connectivity index (χ4v) is 3.98. The lowest BCUT2D eigenvalue weighted by Gasteiger charge is -2.26. The van der Waals surface area contributed by atoms with E-state index in [9.17, 15) is 5.11 Å². The normalized spacial score (nSPS) is 12.5. The van der Waals surface area contributed by atoms with Crippen molar-refractivity contribution in [2.24, 2.45) is 0 Å². The van der Waals surface area contributed by atoms with E-state index in [1.165, 1.54) is 0 Å². The number of pyridine rings is 1. The molecule has 0 aliphatic rings. The number of hydrogen-bond acceptors (Lipinski definition) is 4. The first-order chi connectivity index (χ1) is 15.0. The van der Waals surface area contributed by atoms with Crippen molar-refractivity contribution in [1.82, 2.24) is 9.88 Å². The molecule has 0 spiro atoms. The zero-order chi connectivity index (χ0) is 22.2. The van der Waals surface area contributed by atoms with Gasteiger partial charge in [-0.2, -0.15) is 0 Å². The number of aromatic nitrogens is 1. The molecule has 0 amide bonds. The third kappa shape index (κ3) is 6.19. The molecular weight excluding hydrogens is 408 g/mol. The molecule has 4 nitrogen and oxygen atoms in total. The number of ether oxygens (including phenoxy) is 1. The van der Waals surface area contributed by atoms with Crippen LogP contribution < -0.4 is 4.74 Å². The monoisotopic (exact) mass is 440 g/mol. The molecule has 1 heterocycles. The van der Waals surface area contributed by atoms with Gasteiger partial charge < -0.3 is 14.7 Å². The van der Waals surface area contributed by atoms with Gasteiger partial charge in [0.15, 0.2) is 0 Å². The Labute approximate surface area is 190 Å². The predicted octanol–water partition coefficient (Wildman–Crippen LogP) is 6.50. The molecule has 1 aromatic heterocycles. The summed E-state index contributed by atoms with van der Waals surface area (Å²) in [4.78, 5) is 7.22. The summed E-state index contributed by atoms with van der Waals surface area (Å²) in [5, 5.41) is 12.9. The minimum absolute atomic E-state index is 0.600. The van der Waals surface area contributed by atoms with Gasteiger partial charge in [0, 0.05) is 22.5 Å². The van der Waals surface area contributed by atoms with Crippen molar-refractivity contribution in [2.45, 2.75) is 45.6 Å². The van der Waals surface area contributed by atoms with E-state index in [1.807, 2.05) is 48.5 Å². The van der Waals surface area contributed by atoms with E-state index in [2.05, 4.69) is 18.7 Å². The molecule has 0 aliphatic carbocycles. The van der Waals surface area contributed by atoms with Gasteiger partial charge in [-0.25, -0.2) is 4.98 Å². The molecule has 0 bridgehead atoms. The SMILES string of the molecule is CCCCN(CCCC)CC(O)c1cc(-c2ccc(OC)cc2)nc2cc(Cl)ccc12. The lowest BCUT2D eigenvalue weighted by Crippen LogP contribution is -2.31. The number of unbranched alkanes of at least 4 members (excludes halogenated alkanes) is 2. The first-order valence-electron chi connectivity index (χ1n) is 11.2. The smallest absolute Gasteiger partial charge is 0.118 e. The van der Waals surface area contributed by atoms with Gasteiger partial charge in [0.2, 0.25) is 0 Å². The van der Waals surface area contributed by atoms with Gasteiger partial charge >= 0.3 is 0 Å². The average molecular weight is 441 g/mol. The summed E-state index contributed by atoms with van der Waals surface area (Å²) in [7, 11) is 1.66. The first-order valence-corrected chi connectivity index (χ1v) is 11.6. The lowest BCUT2D eigenvalue weighted by atomic mass is 9.99. The number of aliphatic hydroxyl groups is 1. The molecule has 1 unspecified atom stereocenters. The second-order valence-electron chi connectivity index (χ2n) is 8.01. The van der Waals surface area contributed by atoms with Gasteiger partial charge in [-0.15, -0.1) is 0 Å². The Kier molecular flexibility index (Phi) is 8.70. The van der Waals surface area contributed by atoms with Crippen LogP contribution in [0.1, 0.15) is 51.2 Å². The molecule has 1 N–H and O–H groups in total. The number of nitrogens with zero attached hydrogens (tertiary/aromatic N) is 2. The largest absolute Gasteiger partial charge is 0.497 e. The van der Waals surface area contributed by atoms with E-state index in [4.69, 9.17) is 21.3 Å². The van der Waals surface area contributed by atoms with Crippen LogP contribution in [0.2, 0.25) is 5.02 Å². The molecule has 0 aliphatic heterocycles. The third-order valence-electron chi connectivity index (χ3n) is 5.64. The van der Waals surface area contributed by atoms with Crippen molar-refractivity contribution in [1.29, 1.82) is 0 Å². The number of halogens is 1. The Morgan fingerprint density at radius 3 is 2.29 bits per heavy atom. The Morgan fingerprint density at radius 2 is 1.68 bits per heavy atom. The summed E-state index contributed by atoms with van der Waals surface area (Å²) in [6, 6.07) is 15.5. The van der Waals surface area contributed by atoms with Crippen molar-refractivity contribution in [3.8, 4) is 17.0 Å². The number of benzene rings is 2. The second-order valence-corrected chi connectivity index (χ2v) is 8.45. The molecule has 0 saturated carbocycles. The lowest BCUT2D eigenvalue weighted by molar-refractivity contribution is 0.112. The van der Waals surface area contributed by atoms with Gasteiger partial charge in [-0.3, -0.25) is 0 Å². The molecule has 0 saturated heterocycles. The highest BCUT2D eigenvalue weighted by Crippen LogP contribution is 2.31. The first kappa shape index (κ1) is 23.5. The van der Waals surface area contributed by atoms with Crippen LogP contribution in [0.15, 0.2) is 48.5 Å². The van der Waals surface area contributed by atoms with Crippen LogP contribution in [0.4, 0.5) is 0 Å². The highest BCUT2D eigenvalue weighted by molar-refractivity contribution is 6.31. The maximum absolute atomic E-state index is 11.3. The quantitative estimate of drug-likeness (QED) is 0.369. The van der Waals surface area contributed by atoms with Crippen LogP contribution in [0.5, 0.6) is 5.75 Å². The Morgan fingerprint density at radius 1 is 1.00 bits per heavy atom. The van der Waals surface area contributed by atoms with Crippen LogP contribution in [0.3, 0.4) is 0 Å². The van der Waals surface area contributed by atoms with E-state index in [1.54, 1.807) is 7.11 Å². The minimum atomic E-state index is -0.600. The summed E-state index contributed by atoms with van der Waals surface area (Å²) >= 11 is 6.26. The predicted molar refractivity (Wildman–Crippen MR) is 130 cm³/mol. The minimum Gasteiger partial charge on any atom is -0.497 e. The zero-order valence-electron chi connectivity index (χ0n) is 18.8. The van der Waals surface area contributed by atoms with E-state index < -0.39 is 6.10 Å². The highest BCUT2D eigenvalue weighted by atomic mass is 35.5. The summed E-state index contributed by atoms with van der Waals surface area (Å²) in [6.45, 7) is 7.04. The number of aliphatic hydroxyl groups excluding tert-OH is 1. The van der Waals surface area contributed by atoms with E-state index >= 15 is 0 Å². The van der Waals surface area contributed by atoms with E-state index in [0.29, 0.717) is 11.6 Å². The van der Waals surface area contributed by atoms with Gasteiger partial charge in [-0.05, 0) is 74.0 Å². The fourth-order valence-electron chi connectivity index (χ4n) is 3.81. The van der Waals surface area contributed by atoms with Gasteiger partial charge in [0.25, 0.3) is 0 Å². The summed E-state index contributed by atoms with van der Waals surface area (Å²) in [5.41, 5.74) is 3.49. The standard InChI is InChI=1S/C26H33ClN2O2/c1-4-6-14-29(15-7-5-2)18-26(30)23-17-24(19-8-11-21(31-3)12-9-19)28-25-16-20(27)10-13-22(23)25/h8-13,16-17,26,30H,4-7,14-15,18H2,1-3H3. The van der Waals surface area contributed by atoms with E-state index in [-0.39, 0.29) is 0 Å². The molecule has 166 valence electrons. The van der Waals surface area contributed by atoms with Gasteiger partial charge in [-0.1, -0.05) is 44.4 Å². The molecule has 31 heavy (non-hydrogen) atoms. The maximum Gasteiger partial charge on any atom is 0.118 e. The number of rotatable bonds is 11. The highest BCUT2D eigenvalue weighted by Gasteiger charge is 2.18. The van der Waals surface area contributed by atoms with Crippen LogP contribution in [-0.2, 0) is 0 Å². The second kappa shape index (κ2) is 11.5. The van der Waals surface area contributed by atoms with E-state index in [0.717, 1.165) is 72.2 Å². The molecule has 2 aromatic carbocycles. The number of methoxy groups -OCH3 is 1. The zero-order valence-corrected chi connectivity index (χ0v) is 19.5. The Hall–Kier alpha value is -2.14. The molecule has 5 heteroatoms. The summed E-state index contributed by atoms with van der Waals surface area (Å²) < 4.78 is 5.28. The van der Waals surface area contributed by atoms with Crippen molar-refractivity contribution in [3.05, 3.63) is 59.1 Å². The van der Waals surface area contributed by atoms with Crippen LogP contribution in [0.25, 0.3) is 22.2 Å². The Balaban J connectivity index is 1.98. The summed E-state index contributed by atoms with van der Waals surface area (Å²) in [6.07, 6.45) is 3.98. The molecule has 3 rings (SSSR count). The molecular formula is C26H33ClN2O2.